The molecule has 2 amide bonds. The summed E-state index contributed by atoms with van der Waals surface area (Å²) in [6.45, 7) is 9.90. The van der Waals surface area contributed by atoms with Crippen LogP contribution in [0.1, 0.15) is 34.6 Å². The van der Waals surface area contributed by atoms with Crippen molar-refractivity contribution in [1.82, 2.24) is 10.6 Å². The van der Waals surface area contributed by atoms with Gasteiger partial charge in [0.15, 0.2) is 0 Å². The Hall–Kier alpha value is -1.30. The number of amides is 2. The molecule has 0 aromatic carbocycles. The van der Waals surface area contributed by atoms with E-state index in [-0.39, 0.29) is 6.10 Å². The zero-order chi connectivity index (χ0) is 14.3. The summed E-state index contributed by atoms with van der Waals surface area (Å²) >= 11 is 0. The summed E-state index contributed by atoms with van der Waals surface area (Å²) in [5.41, 5.74) is -0.547. The number of aliphatic carboxylic acids is 1. The van der Waals surface area contributed by atoms with Crippen molar-refractivity contribution in [2.45, 2.75) is 46.8 Å². The molecule has 0 saturated heterocycles. The molecule has 0 radical (unpaired) electrons. The molecule has 0 heterocycles. The van der Waals surface area contributed by atoms with Crippen molar-refractivity contribution in [2.24, 2.45) is 5.41 Å². The number of rotatable bonds is 6. The molecule has 0 aromatic rings. The molecule has 0 aromatic heterocycles. The molecule has 1 unspecified atom stereocenters. The van der Waals surface area contributed by atoms with Crippen molar-refractivity contribution in [3.8, 4) is 0 Å². The van der Waals surface area contributed by atoms with Crippen LogP contribution in [-0.4, -0.2) is 42.4 Å². The predicted molar refractivity (Wildman–Crippen MR) is 68.5 cm³/mol. The molecule has 0 bridgehead atoms. The second-order valence-corrected chi connectivity index (χ2v) is 5.26. The summed E-state index contributed by atoms with van der Waals surface area (Å²) < 4.78 is 5.25. The lowest BCUT2D eigenvalue weighted by Crippen LogP contribution is -2.53. The third-order valence-corrected chi connectivity index (χ3v) is 2.39. The number of carboxylic acid groups (broad SMARTS) is 1. The van der Waals surface area contributed by atoms with E-state index in [0.29, 0.717) is 13.2 Å². The summed E-state index contributed by atoms with van der Waals surface area (Å²) in [6, 6.07) is -1.43. The van der Waals surface area contributed by atoms with Crippen molar-refractivity contribution in [2.75, 3.05) is 13.2 Å². The number of hydrogen-bond donors (Lipinski definition) is 3. The van der Waals surface area contributed by atoms with Gasteiger partial charge < -0.3 is 20.5 Å². The van der Waals surface area contributed by atoms with Crippen LogP contribution < -0.4 is 10.6 Å². The van der Waals surface area contributed by atoms with Crippen LogP contribution >= 0.6 is 0 Å². The van der Waals surface area contributed by atoms with Crippen LogP contribution in [0.4, 0.5) is 4.79 Å². The highest BCUT2D eigenvalue weighted by Gasteiger charge is 2.32. The maximum atomic E-state index is 11.6. The monoisotopic (exact) mass is 260 g/mol. The minimum atomic E-state index is -1.05. The largest absolute Gasteiger partial charge is 0.480 e. The highest BCUT2D eigenvalue weighted by molar-refractivity contribution is 5.83. The van der Waals surface area contributed by atoms with Gasteiger partial charge in [-0.2, -0.15) is 0 Å². The zero-order valence-corrected chi connectivity index (χ0v) is 11.7. The van der Waals surface area contributed by atoms with Crippen LogP contribution in [-0.2, 0) is 9.53 Å². The van der Waals surface area contributed by atoms with Crippen molar-refractivity contribution >= 4 is 12.0 Å². The molecule has 0 aliphatic heterocycles. The van der Waals surface area contributed by atoms with Crippen molar-refractivity contribution in [1.29, 1.82) is 0 Å². The summed E-state index contributed by atoms with van der Waals surface area (Å²) in [4.78, 5) is 22.6. The highest BCUT2D eigenvalue weighted by Crippen LogP contribution is 2.19. The van der Waals surface area contributed by atoms with Crippen LogP contribution in [0.2, 0.25) is 0 Å². The second kappa shape index (κ2) is 7.20. The van der Waals surface area contributed by atoms with Gasteiger partial charge >= 0.3 is 12.0 Å². The Morgan fingerprint density at radius 2 is 1.89 bits per heavy atom. The average Bonchev–Trinajstić information content (AvgIpc) is 2.21. The number of urea groups is 1. The summed E-state index contributed by atoms with van der Waals surface area (Å²) in [5.74, 6) is -1.05. The van der Waals surface area contributed by atoms with E-state index in [1.165, 1.54) is 0 Å². The van der Waals surface area contributed by atoms with E-state index in [0.717, 1.165) is 0 Å². The first kappa shape index (κ1) is 16.7. The molecule has 0 rings (SSSR count). The van der Waals surface area contributed by atoms with E-state index in [1.807, 2.05) is 13.8 Å². The molecule has 0 spiro atoms. The molecule has 6 nitrogen and oxygen atoms in total. The molecule has 2 atom stereocenters. The highest BCUT2D eigenvalue weighted by atomic mass is 16.5. The van der Waals surface area contributed by atoms with E-state index in [4.69, 9.17) is 9.84 Å². The van der Waals surface area contributed by atoms with Crippen molar-refractivity contribution < 1.29 is 19.4 Å². The SMILES string of the molecule is CCOC(C)CNC(=O)N[C@H](C(=O)O)C(C)(C)C. The number of carbonyl (C=O) groups excluding carboxylic acids is 1. The van der Waals surface area contributed by atoms with Gasteiger partial charge in [-0.25, -0.2) is 9.59 Å². The molecule has 0 aliphatic rings. The predicted octanol–water partition coefficient (Wildman–Crippen LogP) is 1.21. The van der Waals surface area contributed by atoms with Gasteiger partial charge in [0.25, 0.3) is 0 Å². The normalized spacial score (nSPS) is 14.7. The quantitative estimate of drug-likeness (QED) is 0.670. The molecule has 106 valence electrons. The summed E-state index contributed by atoms with van der Waals surface area (Å²) in [6.07, 6.45) is -0.0985. The van der Waals surface area contributed by atoms with Crippen LogP contribution in [0.3, 0.4) is 0 Å². The zero-order valence-electron chi connectivity index (χ0n) is 11.7. The van der Waals surface area contributed by atoms with E-state index in [2.05, 4.69) is 10.6 Å². The van der Waals surface area contributed by atoms with Gasteiger partial charge in [0.1, 0.15) is 6.04 Å². The molecular weight excluding hydrogens is 236 g/mol. The Labute approximate surface area is 108 Å². The summed E-state index contributed by atoms with van der Waals surface area (Å²) in [5, 5.41) is 14.1. The smallest absolute Gasteiger partial charge is 0.326 e. The Morgan fingerprint density at radius 3 is 2.28 bits per heavy atom. The Balaban J connectivity index is 4.24. The Bertz CT molecular complexity index is 286. The molecule has 0 fully saturated rings. The topological polar surface area (TPSA) is 87.7 Å². The van der Waals surface area contributed by atoms with Gasteiger partial charge in [0.05, 0.1) is 6.10 Å². The molecule has 6 heteroatoms. The lowest BCUT2D eigenvalue weighted by atomic mass is 9.87. The number of hydrogen-bond acceptors (Lipinski definition) is 3. The van der Waals surface area contributed by atoms with Gasteiger partial charge in [-0.05, 0) is 19.3 Å². The fourth-order valence-electron chi connectivity index (χ4n) is 1.41. The summed E-state index contributed by atoms with van der Waals surface area (Å²) in [7, 11) is 0. The van der Waals surface area contributed by atoms with Crippen LogP contribution in [0, 0.1) is 5.41 Å². The molecule has 0 saturated carbocycles. The third-order valence-electron chi connectivity index (χ3n) is 2.39. The van der Waals surface area contributed by atoms with Gasteiger partial charge in [-0.15, -0.1) is 0 Å². The first-order valence-corrected chi connectivity index (χ1v) is 6.07. The van der Waals surface area contributed by atoms with Crippen LogP contribution in [0.5, 0.6) is 0 Å². The van der Waals surface area contributed by atoms with Crippen LogP contribution in [0.15, 0.2) is 0 Å². The lowest BCUT2D eigenvalue weighted by Gasteiger charge is -2.28. The number of nitrogens with one attached hydrogen (secondary N) is 2. The fraction of sp³-hybridized carbons (Fsp3) is 0.833. The number of carbonyl (C=O) groups is 2. The van der Waals surface area contributed by atoms with Gasteiger partial charge in [0.2, 0.25) is 0 Å². The maximum absolute atomic E-state index is 11.6. The van der Waals surface area contributed by atoms with Crippen molar-refractivity contribution in [3.05, 3.63) is 0 Å². The lowest BCUT2D eigenvalue weighted by molar-refractivity contribution is -0.141. The first-order chi connectivity index (χ1) is 8.18. The Kier molecular flexibility index (Phi) is 6.68. The van der Waals surface area contributed by atoms with E-state index >= 15 is 0 Å². The average molecular weight is 260 g/mol. The third kappa shape index (κ3) is 6.44. The second-order valence-electron chi connectivity index (χ2n) is 5.26. The van der Waals surface area contributed by atoms with Gasteiger partial charge in [-0.3, -0.25) is 0 Å². The number of ether oxygens (including phenoxy) is 1. The maximum Gasteiger partial charge on any atom is 0.326 e. The van der Waals surface area contributed by atoms with Gasteiger partial charge in [-0.1, -0.05) is 20.8 Å². The fourth-order valence-corrected chi connectivity index (χ4v) is 1.41. The van der Waals surface area contributed by atoms with Gasteiger partial charge in [0, 0.05) is 13.2 Å². The molecule has 3 N–H and O–H groups in total. The minimum absolute atomic E-state index is 0.0985. The van der Waals surface area contributed by atoms with E-state index < -0.39 is 23.5 Å². The number of carboxylic acids is 1. The van der Waals surface area contributed by atoms with E-state index in [1.54, 1.807) is 20.8 Å². The molecular formula is C12H24N2O4. The van der Waals surface area contributed by atoms with Crippen molar-refractivity contribution in [3.63, 3.8) is 0 Å². The Morgan fingerprint density at radius 1 is 1.33 bits per heavy atom. The van der Waals surface area contributed by atoms with Crippen LogP contribution in [0.25, 0.3) is 0 Å². The standard InChI is InChI=1S/C12H24N2O4/c1-6-18-8(2)7-13-11(17)14-9(10(15)16)12(3,4)5/h8-9H,6-7H2,1-5H3,(H,15,16)(H2,13,14,17)/t8?,9-/m1/s1. The van der Waals surface area contributed by atoms with E-state index in [9.17, 15) is 9.59 Å². The minimum Gasteiger partial charge on any atom is -0.480 e. The first-order valence-electron chi connectivity index (χ1n) is 6.07. The molecule has 0 aliphatic carbocycles. The molecule has 18 heavy (non-hydrogen) atoms.